The molecule has 3 aromatic rings. The number of aromatic nitrogens is 4. The van der Waals surface area contributed by atoms with Gasteiger partial charge in [-0.05, 0) is 57.5 Å². The van der Waals surface area contributed by atoms with Gasteiger partial charge in [-0.2, -0.15) is 4.68 Å². The molecule has 1 aromatic carbocycles. The van der Waals surface area contributed by atoms with Crippen LogP contribution in [0.1, 0.15) is 24.6 Å². The van der Waals surface area contributed by atoms with E-state index in [1.165, 1.54) is 11.8 Å². The molecule has 0 aliphatic carbocycles. The number of thioether (sulfide) groups is 1. The molecular weight excluding hydrogens is 406 g/mol. The normalized spacial score (nSPS) is 12.1. The molecule has 0 saturated heterocycles. The largest absolute Gasteiger partial charge is 0.467 e. The zero-order chi connectivity index (χ0) is 17.6. The van der Waals surface area contributed by atoms with E-state index in [4.69, 9.17) is 4.42 Å². The van der Waals surface area contributed by atoms with Gasteiger partial charge in [0, 0.05) is 4.47 Å². The van der Waals surface area contributed by atoms with Crippen molar-refractivity contribution in [2.24, 2.45) is 0 Å². The van der Waals surface area contributed by atoms with Gasteiger partial charge in [0.15, 0.2) is 5.82 Å². The summed E-state index contributed by atoms with van der Waals surface area (Å²) < 4.78 is 7.85. The number of nitrogens with zero attached hydrogens (tertiary/aromatic N) is 4. The summed E-state index contributed by atoms with van der Waals surface area (Å²) in [5, 5.41) is 14.7. The highest BCUT2D eigenvalue weighted by molar-refractivity contribution is 9.10. The van der Waals surface area contributed by atoms with Crippen molar-refractivity contribution in [2.45, 2.75) is 18.7 Å². The molecule has 1 atom stereocenters. The van der Waals surface area contributed by atoms with Crippen LogP contribution in [-0.4, -0.2) is 31.9 Å². The first-order chi connectivity index (χ1) is 12.1. The lowest BCUT2D eigenvalue weighted by molar-refractivity contribution is -0.119. The summed E-state index contributed by atoms with van der Waals surface area (Å²) >= 11 is 4.94. The Morgan fingerprint density at radius 1 is 1.36 bits per heavy atom. The van der Waals surface area contributed by atoms with Crippen LogP contribution < -0.4 is 5.32 Å². The molecule has 1 N–H and O–H groups in total. The summed E-state index contributed by atoms with van der Waals surface area (Å²) in [4.78, 5) is 12.0. The maximum atomic E-state index is 12.0. The minimum Gasteiger partial charge on any atom is -0.467 e. The molecule has 2 aromatic heterocycles. The van der Waals surface area contributed by atoms with Gasteiger partial charge in [-0.15, -0.1) is 16.9 Å². The average Bonchev–Trinajstić information content (AvgIpc) is 3.27. The number of hydrogen-bond acceptors (Lipinski definition) is 6. The number of carbonyl (C=O) groups excluding carboxylic acids is 1. The van der Waals surface area contributed by atoms with E-state index in [0.717, 1.165) is 15.9 Å². The highest BCUT2D eigenvalue weighted by Gasteiger charge is 2.14. The zero-order valence-electron chi connectivity index (χ0n) is 13.4. The molecule has 0 fully saturated rings. The third-order valence-corrected chi connectivity index (χ3v) is 5.03. The summed E-state index contributed by atoms with van der Waals surface area (Å²) in [5.41, 5.74) is 0.860. The number of nitrogens with one attached hydrogen (secondary N) is 1. The number of carbonyl (C=O) groups is 1. The van der Waals surface area contributed by atoms with Crippen LogP contribution >= 0.6 is 27.7 Å². The molecule has 2 heterocycles. The molecule has 0 bridgehead atoms. The smallest absolute Gasteiger partial charge is 0.230 e. The lowest BCUT2D eigenvalue weighted by Crippen LogP contribution is -2.28. The average molecular weight is 422 g/mol. The maximum absolute atomic E-state index is 12.0. The van der Waals surface area contributed by atoms with E-state index >= 15 is 0 Å². The molecule has 9 heteroatoms. The van der Waals surface area contributed by atoms with Crippen LogP contribution in [0.3, 0.4) is 0 Å². The third-order valence-electron chi connectivity index (χ3n) is 3.43. The molecular formula is C16H16BrN5O2S. The number of para-hydroxylation sites is 1. The van der Waals surface area contributed by atoms with Crippen molar-refractivity contribution in [1.29, 1.82) is 0 Å². The van der Waals surface area contributed by atoms with Crippen LogP contribution in [0.25, 0.3) is 5.69 Å². The predicted octanol–water partition coefficient (Wildman–Crippen LogP) is 3.13. The lowest BCUT2D eigenvalue weighted by atomic mass is 10.2. The van der Waals surface area contributed by atoms with E-state index in [2.05, 4.69) is 36.8 Å². The molecule has 3 rings (SSSR count). The van der Waals surface area contributed by atoms with Crippen molar-refractivity contribution in [3.63, 3.8) is 0 Å². The van der Waals surface area contributed by atoms with Crippen molar-refractivity contribution >= 4 is 33.6 Å². The van der Waals surface area contributed by atoms with Gasteiger partial charge in [-0.3, -0.25) is 4.79 Å². The molecule has 0 spiro atoms. The molecule has 1 unspecified atom stereocenters. The van der Waals surface area contributed by atoms with Crippen LogP contribution in [0.4, 0.5) is 0 Å². The Labute approximate surface area is 157 Å². The van der Waals surface area contributed by atoms with Gasteiger partial charge in [0.05, 0.1) is 29.5 Å². The molecule has 0 aliphatic rings. The third kappa shape index (κ3) is 4.49. The molecule has 0 saturated carbocycles. The fraction of sp³-hybridized carbons (Fsp3) is 0.250. The number of furan rings is 1. The second-order valence-corrected chi connectivity index (χ2v) is 7.10. The Morgan fingerprint density at radius 3 is 2.96 bits per heavy atom. The van der Waals surface area contributed by atoms with Crippen LogP contribution in [-0.2, 0) is 10.5 Å². The fourth-order valence-corrected chi connectivity index (χ4v) is 3.42. The number of halogens is 1. The molecule has 130 valence electrons. The number of amides is 1. The van der Waals surface area contributed by atoms with Gasteiger partial charge in [0.2, 0.25) is 5.91 Å². The number of hydrogen-bond donors (Lipinski definition) is 1. The monoisotopic (exact) mass is 421 g/mol. The molecule has 7 nitrogen and oxygen atoms in total. The first kappa shape index (κ1) is 17.7. The Morgan fingerprint density at radius 2 is 2.20 bits per heavy atom. The highest BCUT2D eigenvalue weighted by Crippen LogP contribution is 2.21. The van der Waals surface area contributed by atoms with Gasteiger partial charge >= 0.3 is 0 Å². The van der Waals surface area contributed by atoms with Crippen LogP contribution in [0.15, 0.2) is 51.6 Å². The van der Waals surface area contributed by atoms with Crippen LogP contribution in [0.5, 0.6) is 0 Å². The van der Waals surface area contributed by atoms with Gasteiger partial charge in [0.25, 0.3) is 0 Å². The Hall–Kier alpha value is -2.13. The SMILES string of the molecule is CC(NC(=O)CSCc1nnnn1-c1ccccc1Br)c1ccco1. The second kappa shape index (κ2) is 8.30. The van der Waals surface area contributed by atoms with Gasteiger partial charge in [0.1, 0.15) is 5.76 Å². The number of tetrazole rings is 1. The Kier molecular flexibility index (Phi) is 5.87. The van der Waals surface area contributed by atoms with Crippen LogP contribution in [0.2, 0.25) is 0 Å². The van der Waals surface area contributed by atoms with E-state index in [1.807, 2.05) is 37.3 Å². The van der Waals surface area contributed by atoms with Crippen molar-refractivity contribution < 1.29 is 9.21 Å². The first-order valence-electron chi connectivity index (χ1n) is 7.58. The standard InChI is InChI=1S/C16H16BrN5O2S/c1-11(14-7-4-8-24-14)18-16(23)10-25-9-15-19-20-21-22(15)13-6-3-2-5-12(13)17/h2-8,11H,9-10H2,1H3,(H,18,23). The zero-order valence-corrected chi connectivity index (χ0v) is 15.8. The second-order valence-electron chi connectivity index (χ2n) is 5.26. The molecule has 25 heavy (non-hydrogen) atoms. The van der Waals surface area contributed by atoms with Crippen LogP contribution in [0, 0.1) is 0 Å². The van der Waals surface area contributed by atoms with E-state index in [9.17, 15) is 4.79 Å². The van der Waals surface area contributed by atoms with E-state index < -0.39 is 0 Å². The summed E-state index contributed by atoms with van der Waals surface area (Å²) in [5.74, 6) is 2.19. The predicted molar refractivity (Wildman–Crippen MR) is 98.3 cm³/mol. The Balaban J connectivity index is 1.54. The number of benzene rings is 1. The van der Waals surface area contributed by atoms with Crippen molar-refractivity contribution in [3.05, 3.63) is 58.7 Å². The van der Waals surface area contributed by atoms with E-state index in [0.29, 0.717) is 17.3 Å². The summed E-state index contributed by atoms with van der Waals surface area (Å²) in [6.07, 6.45) is 1.59. The fourth-order valence-electron chi connectivity index (χ4n) is 2.23. The molecule has 0 aliphatic heterocycles. The minimum absolute atomic E-state index is 0.0613. The van der Waals surface area contributed by atoms with Gasteiger partial charge in [-0.1, -0.05) is 12.1 Å². The van der Waals surface area contributed by atoms with Gasteiger partial charge in [-0.25, -0.2) is 0 Å². The van der Waals surface area contributed by atoms with E-state index in [1.54, 1.807) is 17.0 Å². The summed E-state index contributed by atoms with van der Waals surface area (Å²) in [7, 11) is 0. The van der Waals surface area contributed by atoms with E-state index in [-0.39, 0.29) is 11.9 Å². The minimum atomic E-state index is -0.159. The molecule has 0 radical (unpaired) electrons. The summed E-state index contributed by atoms with van der Waals surface area (Å²) in [6, 6.07) is 11.2. The number of rotatable bonds is 7. The molecule has 1 amide bonds. The topological polar surface area (TPSA) is 85.8 Å². The quantitative estimate of drug-likeness (QED) is 0.630. The highest BCUT2D eigenvalue weighted by atomic mass is 79.9. The van der Waals surface area contributed by atoms with Crippen molar-refractivity contribution in [1.82, 2.24) is 25.5 Å². The Bertz CT molecular complexity index is 837. The van der Waals surface area contributed by atoms with Gasteiger partial charge < -0.3 is 9.73 Å². The lowest BCUT2D eigenvalue weighted by Gasteiger charge is -2.11. The summed E-state index contributed by atoms with van der Waals surface area (Å²) in [6.45, 7) is 1.88. The maximum Gasteiger partial charge on any atom is 0.230 e. The first-order valence-corrected chi connectivity index (χ1v) is 9.52. The van der Waals surface area contributed by atoms with Crippen molar-refractivity contribution in [3.8, 4) is 5.69 Å². The van der Waals surface area contributed by atoms with Crippen molar-refractivity contribution in [2.75, 3.05) is 5.75 Å².